The summed E-state index contributed by atoms with van der Waals surface area (Å²) in [5, 5.41) is 3.68. The number of carbonyl (C=O) groups is 1. The van der Waals surface area contributed by atoms with Crippen molar-refractivity contribution in [3.8, 4) is 5.75 Å². The van der Waals surface area contributed by atoms with Crippen molar-refractivity contribution in [2.45, 2.75) is 6.04 Å². The Morgan fingerprint density at radius 3 is 2.67 bits per heavy atom. The van der Waals surface area contributed by atoms with Crippen LogP contribution < -0.4 is 15.6 Å². The minimum atomic E-state index is -0.296. The van der Waals surface area contributed by atoms with Crippen molar-refractivity contribution in [2.75, 3.05) is 27.7 Å². The zero-order valence-corrected chi connectivity index (χ0v) is 15.7. The van der Waals surface area contributed by atoms with Crippen molar-refractivity contribution in [1.29, 1.82) is 0 Å². The molecule has 27 heavy (non-hydrogen) atoms. The summed E-state index contributed by atoms with van der Waals surface area (Å²) in [6.45, 7) is 0.403. The Hall–Kier alpha value is -3.12. The summed E-state index contributed by atoms with van der Waals surface area (Å²) in [4.78, 5) is 29.5. The lowest BCUT2D eigenvalue weighted by Crippen LogP contribution is -2.35. The van der Waals surface area contributed by atoms with E-state index in [0.29, 0.717) is 17.6 Å². The number of rotatable bonds is 6. The van der Waals surface area contributed by atoms with E-state index in [9.17, 15) is 9.59 Å². The highest BCUT2D eigenvalue weighted by Crippen LogP contribution is 2.22. The molecule has 0 fully saturated rings. The lowest BCUT2D eigenvalue weighted by molar-refractivity contribution is 0.0943. The molecule has 6 nitrogen and oxygen atoms in total. The van der Waals surface area contributed by atoms with Gasteiger partial charge in [-0.3, -0.25) is 9.59 Å². The predicted molar refractivity (Wildman–Crippen MR) is 106 cm³/mol. The normalized spacial score (nSPS) is 12.1. The van der Waals surface area contributed by atoms with Gasteiger partial charge in [0, 0.05) is 23.5 Å². The molecule has 1 atom stereocenters. The lowest BCUT2D eigenvalue weighted by atomic mass is 10.0. The summed E-state index contributed by atoms with van der Waals surface area (Å²) in [5.41, 5.74) is 1.76. The molecule has 1 amide bonds. The second-order valence-corrected chi connectivity index (χ2v) is 6.56. The van der Waals surface area contributed by atoms with Crippen LogP contribution >= 0.6 is 0 Å². The maximum absolute atomic E-state index is 12.8. The van der Waals surface area contributed by atoms with Crippen LogP contribution in [0.25, 0.3) is 10.9 Å². The fraction of sp³-hybridized carbons (Fsp3) is 0.238. The first-order valence-corrected chi connectivity index (χ1v) is 8.70. The molecule has 0 bridgehead atoms. The molecule has 2 N–H and O–H groups in total. The first-order chi connectivity index (χ1) is 13.0. The number of nitrogens with zero attached hydrogens (tertiary/aromatic N) is 1. The van der Waals surface area contributed by atoms with Crippen LogP contribution in [-0.4, -0.2) is 43.5 Å². The van der Waals surface area contributed by atoms with Crippen LogP contribution in [0.5, 0.6) is 5.75 Å². The second-order valence-electron chi connectivity index (χ2n) is 6.56. The number of aromatic amines is 1. The van der Waals surface area contributed by atoms with Gasteiger partial charge in [-0.05, 0) is 37.9 Å². The highest BCUT2D eigenvalue weighted by Gasteiger charge is 2.18. The van der Waals surface area contributed by atoms with Crippen molar-refractivity contribution in [3.63, 3.8) is 0 Å². The van der Waals surface area contributed by atoms with Gasteiger partial charge in [-0.1, -0.05) is 30.3 Å². The monoisotopic (exact) mass is 365 g/mol. The zero-order valence-electron chi connectivity index (χ0n) is 15.7. The van der Waals surface area contributed by atoms with Crippen molar-refractivity contribution in [2.24, 2.45) is 0 Å². The maximum Gasteiger partial charge on any atom is 0.252 e. The van der Waals surface area contributed by atoms with Gasteiger partial charge in [0.25, 0.3) is 5.91 Å². The third-order valence-corrected chi connectivity index (χ3v) is 4.55. The van der Waals surface area contributed by atoms with Gasteiger partial charge in [0.05, 0.1) is 18.7 Å². The van der Waals surface area contributed by atoms with Gasteiger partial charge < -0.3 is 19.9 Å². The molecule has 1 unspecified atom stereocenters. The van der Waals surface area contributed by atoms with E-state index in [0.717, 1.165) is 16.7 Å². The standard InChI is InChI=1S/C21H23N3O3/c1-24(2)19(14-7-6-8-15(11-14)27-3)13-22-21(26)17-12-20(25)23-18-10-5-4-9-16(17)18/h4-12,19H,13H2,1-3H3,(H,22,26)(H,23,25). The van der Waals surface area contributed by atoms with Gasteiger partial charge in [-0.15, -0.1) is 0 Å². The summed E-state index contributed by atoms with van der Waals surface area (Å²) < 4.78 is 5.30. The van der Waals surface area contributed by atoms with E-state index in [1.54, 1.807) is 13.2 Å². The molecule has 6 heteroatoms. The topological polar surface area (TPSA) is 74.4 Å². The molecule has 140 valence electrons. The minimum Gasteiger partial charge on any atom is -0.497 e. The average Bonchev–Trinajstić information content (AvgIpc) is 2.67. The number of likely N-dealkylation sites (N-methyl/N-ethyl adjacent to an activating group) is 1. The molecule has 0 aliphatic rings. The number of hydrogen-bond donors (Lipinski definition) is 2. The minimum absolute atomic E-state index is 0.0303. The molecule has 0 aliphatic heterocycles. The molecule has 2 aromatic carbocycles. The van der Waals surface area contributed by atoms with Crippen molar-refractivity contribution in [1.82, 2.24) is 15.2 Å². The number of methoxy groups -OCH3 is 1. The van der Waals surface area contributed by atoms with Gasteiger partial charge in [0.2, 0.25) is 5.56 Å². The third kappa shape index (κ3) is 4.17. The Morgan fingerprint density at radius 2 is 1.93 bits per heavy atom. The molecule has 1 aromatic heterocycles. The maximum atomic E-state index is 12.8. The SMILES string of the molecule is COc1cccc(C(CNC(=O)c2cc(=O)[nH]c3ccccc23)N(C)C)c1. The molecule has 0 aliphatic carbocycles. The summed E-state index contributed by atoms with van der Waals surface area (Å²) in [6, 6.07) is 16.4. The largest absolute Gasteiger partial charge is 0.497 e. The Morgan fingerprint density at radius 1 is 1.15 bits per heavy atom. The Bertz CT molecular complexity index is 1010. The average molecular weight is 365 g/mol. The molecule has 0 saturated carbocycles. The van der Waals surface area contributed by atoms with Crippen LogP contribution in [-0.2, 0) is 0 Å². The fourth-order valence-corrected chi connectivity index (χ4v) is 3.12. The van der Waals surface area contributed by atoms with Gasteiger partial charge in [-0.2, -0.15) is 0 Å². The third-order valence-electron chi connectivity index (χ3n) is 4.55. The molecule has 1 heterocycles. The number of carbonyl (C=O) groups excluding carboxylic acids is 1. The first kappa shape index (κ1) is 18.7. The molecule has 3 aromatic rings. The molecular formula is C21H23N3O3. The molecule has 0 saturated heterocycles. The number of aromatic nitrogens is 1. The summed E-state index contributed by atoms with van der Waals surface area (Å²) in [5.74, 6) is 0.498. The number of hydrogen-bond acceptors (Lipinski definition) is 4. The van der Waals surface area contributed by atoms with Gasteiger partial charge in [0.15, 0.2) is 0 Å². The number of fused-ring (bicyclic) bond motifs is 1. The number of ether oxygens (including phenoxy) is 1. The van der Waals surface area contributed by atoms with Gasteiger partial charge in [-0.25, -0.2) is 0 Å². The van der Waals surface area contributed by atoms with Crippen LogP contribution in [0, 0.1) is 0 Å². The number of pyridine rings is 1. The Balaban J connectivity index is 1.84. The van der Waals surface area contributed by atoms with Gasteiger partial charge >= 0.3 is 0 Å². The smallest absolute Gasteiger partial charge is 0.252 e. The fourth-order valence-electron chi connectivity index (χ4n) is 3.12. The summed E-state index contributed by atoms with van der Waals surface area (Å²) in [6.07, 6.45) is 0. The van der Waals surface area contributed by atoms with E-state index in [1.807, 2.05) is 61.5 Å². The summed E-state index contributed by atoms with van der Waals surface area (Å²) in [7, 11) is 5.54. The van der Waals surface area contributed by atoms with Crippen LogP contribution in [0.1, 0.15) is 22.0 Å². The number of benzene rings is 2. The van der Waals surface area contributed by atoms with E-state index < -0.39 is 0 Å². The summed E-state index contributed by atoms with van der Waals surface area (Å²) >= 11 is 0. The van der Waals surface area contributed by atoms with E-state index in [4.69, 9.17) is 4.74 Å². The van der Waals surface area contributed by atoms with Crippen LogP contribution in [0.4, 0.5) is 0 Å². The number of amides is 1. The highest BCUT2D eigenvalue weighted by atomic mass is 16.5. The Labute approximate surface area is 157 Å². The van der Waals surface area contributed by atoms with Crippen LogP contribution in [0.2, 0.25) is 0 Å². The highest BCUT2D eigenvalue weighted by molar-refractivity contribution is 6.05. The van der Waals surface area contributed by atoms with E-state index in [-0.39, 0.29) is 17.5 Å². The lowest BCUT2D eigenvalue weighted by Gasteiger charge is -2.25. The van der Waals surface area contributed by atoms with Crippen LogP contribution in [0.3, 0.4) is 0 Å². The first-order valence-electron chi connectivity index (χ1n) is 8.70. The Kier molecular flexibility index (Phi) is 5.57. The second kappa shape index (κ2) is 8.05. The number of H-pyrrole nitrogens is 1. The number of nitrogens with one attached hydrogen (secondary N) is 2. The van der Waals surface area contributed by atoms with Crippen molar-refractivity contribution >= 4 is 16.8 Å². The molecule has 0 spiro atoms. The number of para-hydroxylation sites is 1. The van der Waals surface area contributed by atoms with E-state index in [1.165, 1.54) is 6.07 Å². The molecule has 3 rings (SSSR count). The molecule has 0 radical (unpaired) electrons. The predicted octanol–water partition coefficient (Wildman–Crippen LogP) is 2.57. The van der Waals surface area contributed by atoms with Crippen molar-refractivity contribution in [3.05, 3.63) is 76.1 Å². The van der Waals surface area contributed by atoms with Gasteiger partial charge in [0.1, 0.15) is 5.75 Å². The van der Waals surface area contributed by atoms with Crippen molar-refractivity contribution < 1.29 is 9.53 Å². The molecular weight excluding hydrogens is 342 g/mol. The van der Waals surface area contributed by atoms with E-state index >= 15 is 0 Å². The van der Waals surface area contributed by atoms with E-state index in [2.05, 4.69) is 10.3 Å². The quantitative estimate of drug-likeness (QED) is 0.704. The zero-order chi connectivity index (χ0) is 19.4. The van der Waals surface area contributed by atoms with Crippen LogP contribution in [0.15, 0.2) is 59.4 Å².